The Morgan fingerprint density at radius 2 is 1.61 bits per heavy atom. The first-order chi connectivity index (χ1) is 14.5. The lowest BCUT2D eigenvalue weighted by molar-refractivity contribution is -0.123. The Bertz CT molecular complexity index is 672. The minimum absolute atomic E-state index is 0.0755. The van der Waals surface area contributed by atoms with Gasteiger partial charge in [0.25, 0.3) is 0 Å². The number of carbonyl (C=O) groups excluding carboxylic acids is 1. The average Bonchev–Trinajstić information content (AvgIpc) is 3.07. The summed E-state index contributed by atoms with van der Waals surface area (Å²) in [6, 6.07) is 0. The quantitative estimate of drug-likeness (QED) is 0.279. The van der Waals surface area contributed by atoms with Crippen molar-refractivity contribution in [3.05, 3.63) is 0 Å². The van der Waals surface area contributed by atoms with Gasteiger partial charge in [-0.1, -0.05) is 88.3 Å². The monoisotopic (exact) mass is 620 g/mol. The van der Waals surface area contributed by atoms with Crippen LogP contribution in [0.1, 0.15) is 105 Å². The van der Waals surface area contributed by atoms with Gasteiger partial charge in [-0.25, -0.2) is 0 Å². The van der Waals surface area contributed by atoms with Crippen LogP contribution in [-0.4, -0.2) is 7.93 Å². The van der Waals surface area contributed by atoms with Crippen molar-refractivity contribution < 1.29 is 4.79 Å². The van der Waals surface area contributed by atoms with Crippen molar-refractivity contribution in [2.24, 2.45) is 52.3 Å². The second-order valence-corrected chi connectivity index (χ2v) is 19.3. The van der Waals surface area contributed by atoms with E-state index in [4.69, 9.17) is 0 Å². The van der Waals surface area contributed by atoms with Gasteiger partial charge in [0.2, 0.25) is 0 Å². The molecule has 0 spiro atoms. The Kier molecular flexibility index (Phi) is 7.55. The summed E-state index contributed by atoms with van der Waals surface area (Å²) >= 11 is 10.6. The van der Waals surface area contributed by atoms with Gasteiger partial charge >= 0.3 is 0 Å². The lowest BCUT2D eigenvalue weighted by atomic mass is 9.44. The zero-order valence-electron chi connectivity index (χ0n) is 20.1. The van der Waals surface area contributed by atoms with Crippen LogP contribution in [0.2, 0.25) is 0 Å². The lowest BCUT2D eigenvalue weighted by Crippen LogP contribution is -2.53. The molecule has 178 valence electrons. The number of fused-ring (bicyclic) bond motifs is 5. The maximum Gasteiger partial charge on any atom is 0.144 e. The Morgan fingerprint density at radius 1 is 0.903 bits per heavy atom. The van der Waals surface area contributed by atoms with Crippen LogP contribution in [-0.2, 0) is 4.79 Å². The number of halogens is 3. The van der Waals surface area contributed by atoms with Gasteiger partial charge in [-0.05, 0) is 104 Å². The highest BCUT2D eigenvalue weighted by Crippen LogP contribution is 2.68. The van der Waals surface area contributed by atoms with E-state index in [1.807, 2.05) is 6.92 Å². The summed E-state index contributed by atoms with van der Waals surface area (Å²) in [5.41, 5.74) is 1.15. The molecule has 4 rings (SSSR count). The minimum atomic E-state index is -0.468. The molecule has 4 fully saturated rings. The zero-order chi connectivity index (χ0) is 22.6. The molecule has 0 amide bonds. The lowest BCUT2D eigenvalue weighted by Gasteiger charge is -2.61. The van der Waals surface area contributed by atoms with Crippen LogP contribution in [0, 0.1) is 52.3 Å². The fraction of sp³-hybridized carbons (Fsp3) is 0.963. The minimum Gasteiger partial charge on any atom is -0.299 e. The molecule has 0 aliphatic heterocycles. The van der Waals surface area contributed by atoms with Gasteiger partial charge in [0, 0.05) is 12.3 Å². The first-order valence-corrected chi connectivity index (χ1v) is 15.5. The van der Waals surface area contributed by atoms with Crippen LogP contribution in [0.5, 0.6) is 0 Å². The number of carbonyl (C=O) groups is 1. The second kappa shape index (κ2) is 9.29. The topological polar surface area (TPSA) is 17.1 Å². The first-order valence-electron chi connectivity index (χ1n) is 13.1. The first kappa shape index (κ1) is 25.2. The number of rotatable bonds is 5. The Hall–Kier alpha value is 1.11. The molecule has 31 heavy (non-hydrogen) atoms. The molecule has 0 saturated heterocycles. The molecule has 0 aromatic heterocycles. The van der Waals surface area contributed by atoms with Crippen molar-refractivity contribution in [2.75, 3.05) is 0 Å². The van der Waals surface area contributed by atoms with Gasteiger partial charge in [0.1, 0.15) is 7.93 Å². The highest BCUT2D eigenvalue weighted by molar-refractivity contribution is 9.39. The van der Waals surface area contributed by atoms with Crippen LogP contribution >= 0.6 is 47.8 Å². The third kappa shape index (κ3) is 4.55. The van der Waals surface area contributed by atoms with Crippen molar-refractivity contribution in [1.29, 1.82) is 0 Å². The van der Waals surface area contributed by atoms with Crippen molar-refractivity contribution in [1.82, 2.24) is 0 Å². The predicted molar refractivity (Wildman–Crippen MR) is 142 cm³/mol. The Morgan fingerprint density at radius 3 is 2.32 bits per heavy atom. The molecule has 0 aromatic rings. The second-order valence-electron chi connectivity index (χ2n) is 12.4. The van der Waals surface area contributed by atoms with Crippen LogP contribution in [0.15, 0.2) is 0 Å². The van der Waals surface area contributed by atoms with Crippen molar-refractivity contribution in [2.45, 2.75) is 107 Å². The van der Waals surface area contributed by atoms with Crippen LogP contribution < -0.4 is 0 Å². The summed E-state index contributed by atoms with van der Waals surface area (Å²) in [5, 5.41) is 0. The molecule has 0 heterocycles. The van der Waals surface area contributed by atoms with Gasteiger partial charge in [-0.2, -0.15) is 0 Å². The average molecular weight is 623 g/mol. The number of Topliss-reactive ketones (excluding diaryl/α,β-unsaturated/α-hetero) is 1. The molecule has 1 nitrogen and oxygen atoms in total. The van der Waals surface area contributed by atoms with Crippen molar-refractivity contribution in [3.63, 3.8) is 0 Å². The Balaban J connectivity index is 1.42. The van der Waals surface area contributed by atoms with Crippen LogP contribution in [0.4, 0.5) is 0 Å². The van der Waals surface area contributed by atoms with Crippen LogP contribution in [0.25, 0.3) is 0 Å². The van der Waals surface area contributed by atoms with Crippen molar-refractivity contribution in [3.8, 4) is 0 Å². The summed E-state index contributed by atoms with van der Waals surface area (Å²) in [6.07, 6.45) is 16.5. The van der Waals surface area contributed by atoms with Gasteiger partial charge in [-0.15, -0.1) is 0 Å². The molecular weight excluding hydrogens is 580 g/mol. The van der Waals surface area contributed by atoms with E-state index in [0.29, 0.717) is 29.0 Å². The molecular formula is C27H43Br3O. The van der Waals surface area contributed by atoms with E-state index in [2.05, 4.69) is 68.6 Å². The molecule has 0 N–H and O–H groups in total. The summed E-state index contributed by atoms with van der Waals surface area (Å²) in [5.74, 6) is 5.66. The number of ketones is 1. The smallest absolute Gasteiger partial charge is 0.144 e. The van der Waals surface area contributed by atoms with Gasteiger partial charge in [0.05, 0.1) is 0 Å². The third-order valence-electron chi connectivity index (χ3n) is 11.2. The summed E-state index contributed by atoms with van der Waals surface area (Å²) in [6.45, 7) is 9.80. The number of hydrogen-bond acceptors (Lipinski definition) is 1. The highest BCUT2D eigenvalue weighted by atomic mass is 80.0. The molecule has 4 heteroatoms. The van der Waals surface area contributed by atoms with E-state index in [-0.39, 0.29) is 5.92 Å². The molecule has 4 aliphatic rings. The predicted octanol–water partition coefficient (Wildman–Crippen LogP) is 9.50. The summed E-state index contributed by atoms with van der Waals surface area (Å²) < 4.78 is -0.468. The standard InChI is InChI=1S/C27H43Br3O/c1-17(8-13-24(31)18(2)27(28,29)30)21-11-12-22-20-10-9-19-7-5-6-15-25(19,3)23(20)14-16-26(21,22)4/h17-23H,5-16H2,1-4H3/t17-,18?,19?,20+,21-,22+,23+,25+,26-/m1/s1. The molecule has 4 aliphatic carbocycles. The molecule has 0 radical (unpaired) electrons. The van der Waals surface area contributed by atoms with Gasteiger partial charge in [-0.3, -0.25) is 4.79 Å². The van der Waals surface area contributed by atoms with Gasteiger partial charge < -0.3 is 0 Å². The van der Waals surface area contributed by atoms with E-state index in [0.717, 1.165) is 36.0 Å². The summed E-state index contributed by atoms with van der Waals surface area (Å²) in [7, 11) is 0. The number of alkyl halides is 3. The van der Waals surface area contributed by atoms with E-state index < -0.39 is 2.14 Å². The molecule has 0 bridgehead atoms. The highest BCUT2D eigenvalue weighted by Gasteiger charge is 2.60. The van der Waals surface area contributed by atoms with E-state index >= 15 is 0 Å². The third-order valence-corrected chi connectivity index (χ3v) is 13.2. The summed E-state index contributed by atoms with van der Waals surface area (Å²) in [4.78, 5) is 12.7. The van der Waals surface area contributed by atoms with Crippen LogP contribution in [0.3, 0.4) is 0 Å². The molecule has 2 unspecified atom stereocenters. The molecule has 0 aromatic carbocycles. The van der Waals surface area contributed by atoms with E-state index in [1.165, 1.54) is 64.2 Å². The SMILES string of the molecule is CC(C(=O)CC[C@@H](C)[C@H]1CC[C@H]2[C@@H]3CCC4CCCC[C@]4(C)[C@H]3CC[C@]12C)C(Br)(Br)Br. The van der Waals surface area contributed by atoms with Gasteiger partial charge in [0.15, 0.2) is 0 Å². The largest absolute Gasteiger partial charge is 0.299 e. The molecule has 9 atom stereocenters. The normalized spacial score (nSPS) is 44.7. The maximum atomic E-state index is 12.7. The Labute approximate surface area is 216 Å². The van der Waals surface area contributed by atoms with Crippen molar-refractivity contribution >= 4 is 53.6 Å². The zero-order valence-corrected chi connectivity index (χ0v) is 24.8. The number of hydrogen-bond donors (Lipinski definition) is 0. The fourth-order valence-corrected chi connectivity index (χ4v) is 10.0. The maximum absolute atomic E-state index is 12.7. The van der Waals surface area contributed by atoms with E-state index in [9.17, 15) is 4.79 Å². The fourth-order valence-electron chi connectivity index (χ4n) is 9.24. The molecule has 4 saturated carbocycles. The van der Waals surface area contributed by atoms with E-state index in [1.54, 1.807) is 0 Å².